The summed E-state index contributed by atoms with van der Waals surface area (Å²) in [6.45, 7) is 9.49. The highest BCUT2D eigenvalue weighted by Gasteiger charge is 2.23. The molecule has 1 rings (SSSR count). The number of nitrogens with one attached hydrogen (secondary N) is 1. The molecule has 1 fully saturated rings. The Morgan fingerprint density at radius 2 is 2.06 bits per heavy atom. The maximum absolute atomic E-state index is 3.68. The van der Waals surface area contributed by atoms with Gasteiger partial charge in [-0.05, 0) is 66.8 Å². The predicted molar refractivity (Wildman–Crippen MR) is 70.9 cm³/mol. The smallest absolute Gasteiger partial charge is 0.0207 e. The van der Waals surface area contributed by atoms with E-state index in [1.165, 1.54) is 45.4 Å². The van der Waals surface area contributed by atoms with Gasteiger partial charge in [0.2, 0.25) is 0 Å². The van der Waals surface area contributed by atoms with Gasteiger partial charge in [0.05, 0.1) is 0 Å². The van der Waals surface area contributed by atoms with Crippen molar-refractivity contribution >= 4 is 0 Å². The lowest BCUT2D eigenvalue weighted by molar-refractivity contribution is 0.268. The van der Waals surface area contributed by atoms with Gasteiger partial charge >= 0.3 is 0 Å². The topological polar surface area (TPSA) is 18.5 Å². The van der Waals surface area contributed by atoms with Crippen LogP contribution in [0.5, 0.6) is 0 Å². The van der Waals surface area contributed by atoms with Crippen LogP contribution < -0.4 is 5.32 Å². The molecule has 0 bridgehead atoms. The van der Waals surface area contributed by atoms with E-state index in [1.54, 1.807) is 0 Å². The fraction of sp³-hybridized carbons (Fsp3) is 1.00. The quantitative estimate of drug-likeness (QED) is 0.663. The molecular formula is C13H29N3. The molecule has 1 N–H and O–H groups in total. The van der Waals surface area contributed by atoms with E-state index in [0.717, 1.165) is 6.04 Å². The summed E-state index contributed by atoms with van der Waals surface area (Å²) in [6.07, 6.45) is 3.93. The highest BCUT2D eigenvalue weighted by Crippen LogP contribution is 2.12. The second kappa shape index (κ2) is 7.25. The van der Waals surface area contributed by atoms with Crippen LogP contribution >= 0.6 is 0 Å². The van der Waals surface area contributed by atoms with E-state index >= 15 is 0 Å². The number of unbranched alkanes of at least 4 members (excludes halogenated alkanes) is 1. The van der Waals surface area contributed by atoms with Gasteiger partial charge in [-0.25, -0.2) is 0 Å². The second-order valence-electron chi connectivity index (χ2n) is 5.54. The molecule has 0 aromatic rings. The molecule has 1 unspecified atom stereocenters. The molecule has 1 aliphatic rings. The number of likely N-dealkylation sites (tertiary alicyclic amines) is 1. The van der Waals surface area contributed by atoms with Crippen LogP contribution in [-0.2, 0) is 0 Å². The van der Waals surface area contributed by atoms with E-state index in [2.05, 4.69) is 43.1 Å². The first-order chi connectivity index (χ1) is 7.59. The van der Waals surface area contributed by atoms with Gasteiger partial charge in [0.1, 0.15) is 0 Å². The minimum atomic E-state index is 0.709. The predicted octanol–water partition coefficient (Wildman–Crippen LogP) is 1.40. The Morgan fingerprint density at radius 3 is 2.62 bits per heavy atom. The molecule has 0 spiro atoms. The van der Waals surface area contributed by atoms with Crippen molar-refractivity contribution in [3.63, 3.8) is 0 Å². The molecule has 1 saturated heterocycles. The lowest BCUT2D eigenvalue weighted by Crippen LogP contribution is -2.35. The van der Waals surface area contributed by atoms with E-state index < -0.39 is 0 Å². The molecule has 96 valence electrons. The Morgan fingerprint density at radius 1 is 1.31 bits per heavy atom. The molecule has 0 saturated carbocycles. The molecular weight excluding hydrogens is 198 g/mol. The summed E-state index contributed by atoms with van der Waals surface area (Å²) in [5.74, 6) is 0. The first-order valence-corrected chi connectivity index (χ1v) is 6.71. The van der Waals surface area contributed by atoms with Crippen molar-refractivity contribution in [1.29, 1.82) is 0 Å². The van der Waals surface area contributed by atoms with E-state index in [4.69, 9.17) is 0 Å². The van der Waals surface area contributed by atoms with Gasteiger partial charge in [0, 0.05) is 18.6 Å². The SMILES string of the molecule is CC(C)N1CCC(NCCCCN(C)C)C1. The van der Waals surface area contributed by atoms with E-state index in [1.807, 2.05) is 0 Å². The summed E-state index contributed by atoms with van der Waals surface area (Å²) in [5.41, 5.74) is 0. The molecule has 1 atom stereocenters. The Hall–Kier alpha value is -0.120. The Balaban J connectivity index is 1.98. The monoisotopic (exact) mass is 227 g/mol. The van der Waals surface area contributed by atoms with Crippen molar-refractivity contribution < 1.29 is 0 Å². The normalized spacial score (nSPS) is 22.5. The minimum Gasteiger partial charge on any atom is -0.313 e. The molecule has 3 nitrogen and oxygen atoms in total. The van der Waals surface area contributed by atoms with E-state index in [0.29, 0.717) is 6.04 Å². The third kappa shape index (κ3) is 5.28. The van der Waals surface area contributed by atoms with Crippen LogP contribution in [0.4, 0.5) is 0 Å². The van der Waals surface area contributed by atoms with Crippen molar-refractivity contribution in [2.24, 2.45) is 0 Å². The van der Waals surface area contributed by atoms with Crippen LogP contribution in [0.25, 0.3) is 0 Å². The zero-order chi connectivity index (χ0) is 12.0. The molecule has 0 aromatic carbocycles. The lowest BCUT2D eigenvalue weighted by atomic mass is 10.2. The van der Waals surface area contributed by atoms with Gasteiger partial charge in [-0.3, -0.25) is 4.90 Å². The van der Waals surface area contributed by atoms with E-state index in [-0.39, 0.29) is 0 Å². The summed E-state index contributed by atoms with van der Waals surface area (Å²) in [5, 5.41) is 3.68. The third-order valence-corrected chi connectivity index (χ3v) is 3.42. The van der Waals surface area contributed by atoms with Crippen LogP contribution in [0.15, 0.2) is 0 Å². The van der Waals surface area contributed by atoms with Crippen molar-refractivity contribution in [1.82, 2.24) is 15.1 Å². The van der Waals surface area contributed by atoms with Crippen molar-refractivity contribution in [2.45, 2.75) is 45.2 Å². The van der Waals surface area contributed by atoms with Crippen LogP contribution in [0.1, 0.15) is 33.1 Å². The highest BCUT2D eigenvalue weighted by molar-refractivity contribution is 4.82. The number of nitrogens with zero attached hydrogens (tertiary/aromatic N) is 2. The van der Waals surface area contributed by atoms with Crippen molar-refractivity contribution in [3.05, 3.63) is 0 Å². The molecule has 0 aromatic heterocycles. The van der Waals surface area contributed by atoms with Crippen LogP contribution in [0, 0.1) is 0 Å². The lowest BCUT2D eigenvalue weighted by Gasteiger charge is -2.20. The molecule has 1 aliphatic heterocycles. The fourth-order valence-corrected chi connectivity index (χ4v) is 2.28. The largest absolute Gasteiger partial charge is 0.313 e. The first kappa shape index (κ1) is 13.9. The number of rotatable bonds is 7. The first-order valence-electron chi connectivity index (χ1n) is 6.71. The third-order valence-electron chi connectivity index (χ3n) is 3.42. The number of hydrogen-bond donors (Lipinski definition) is 1. The van der Waals surface area contributed by atoms with Gasteiger partial charge in [0.15, 0.2) is 0 Å². The number of hydrogen-bond acceptors (Lipinski definition) is 3. The van der Waals surface area contributed by atoms with Gasteiger partial charge in [0.25, 0.3) is 0 Å². The zero-order valence-corrected chi connectivity index (χ0v) is 11.5. The minimum absolute atomic E-state index is 0.709. The molecule has 0 radical (unpaired) electrons. The Bertz CT molecular complexity index is 180. The molecule has 0 amide bonds. The summed E-state index contributed by atoms with van der Waals surface area (Å²) < 4.78 is 0. The van der Waals surface area contributed by atoms with Crippen molar-refractivity contribution in [2.75, 3.05) is 40.3 Å². The summed E-state index contributed by atoms with van der Waals surface area (Å²) in [6, 6.07) is 1.45. The average Bonchev–Trinajstić information content (AvgIpc) is 2.65. The Labute approximate surface area is 101 Å². The zero-order valence-electron chi connectivity index (χ0n) is 11.5. The maximum atomic E-state index is 3.68. The van der Waals surface area contributed by atoms with Gasteiger partial charge in [-0.1, -0.05) is 0 Å². The molecule has 1 heterocycles. The fourth-order valence-electron chi connectivity index (χ4n) is 2.28. The van der Waals surface area contributed by atoms with Crippen LogP contribution in [-0.4, -0.2) is 62.2 Å². The summed E-state index contributed by atoms with van der Waals surface area (Å²) in [4.78, 5) is 4.83. The maximum Gasteiger partial charge on any atom is 0.0207 e. The molecule has 0 aliphatic carbocycles. The van der Waals surface area contributed by atoms with Gasteiger partial charge in [-0.2, -0.15) is 0 Å². The summed E-state index contributed by atoms with van der Waals surface area (Å²) in [7, 11) is 4.29. The average molecular weight is 227 g/mol. The molecule has 3 heteroatoms. The van der Waals surface area contributed by atoms with Gasteiger partial charge in [-0.15, -0.1) is 0 Å². The van der Waals surface area contributed by atoms with Crippen molar-refractivity contribution in [3.8, 4) is 0 Å². The van der Waals surface area contributed by atoms with E-state index in [9.17, 15) is 0 Å². The van der Waals surface area contributed by atoms with Crippen LogP contribution in [0.3, 0.4) is 0 Å². The highest BCUT2D eigenvalue weighted by atomic mass is 15.2. The van der Waals surface area contributed by atoms with Crippen LogP contribution in [0.2, 0.25) is 0 Å². The Kier molecular flexibility index (Phi) is 6.32. The van der Waals surface area contributed by atoms with Gasteiger partial charge < -0.3 is 10.2 Å². The molecule has 16 heavy (non-hydrogen) atoms. The standard InChI is InChI=1S/C13H29N3/c1-12(2)16-10-7-13(11-16)14-8-5-6-9-15(3)4/h12-14H,5-11H2,1-4H3. The summed E-state index contributed by atoms with van der Waals surface area (Å²) >= 11 is 0. The second-order valence-corrected chi connectivity index (χ2v) is 5.54.